The van der Waals surface area contributed by atoms with Crippen LogP contribution < -0.4 is 0 Å². The number of hydrogen-bond donors (Lipinski definition) is 0. The second kappa shape index (κ2) is 6.29. The predicted molar refractivity (Wildman–Crippen MR) is 98.7 cm³/mol. The molecule has 0 unspecified atom stereocenters. The average molecular weight is 358 g/mol. The summed E-state index contributed by atoms with van der Waals surface area (Å²) in [7, 11) is 0. The van der Waals surface area contributed by atoms with Gasteiger partial charge in [0, 0.05) is 24.2 Å². The highest BCUT2D eigenvalue weighted by Gasteiger charge is 2.20. The van der Waals surface area contributed by atoms with Gasteiger partial charge in [-0.2, -0.15) is 0 Å². The van der Waals surface area contributed by atoms with Crippen LogP contribution in [0.5, 0.6) is 0 Å². The Bertz CT molecular complexity index is 931. The van der Waals surface area contributed by atoms with Gasteiger partial charge in [0.2, 0.25) is 5.91 Å². The number of carbonyl (C=O) groups excluding carboxylic acids is 1. The maximum absolute atomic E-state index is 12.3. The molecule has 7 heteroatoms. The molecule has 3 aromatic rings. The number of thioether (sulfide) groups is 1. The van der Waals surface area contributed by atoms with Gasteiger partial charge < -0.3 is 4.90 Å². The van der Waals surface area contributed by atoms with Crippen LogP contribution in [-0.4, -0.2) is 44.6 Å². The second-order valence-corrected chi connectivity index (χ2v) is 8.06. The number of thiophene rings is 1. The molecule has 1 aliphatic rings. The van der Waals surface area contributed by atoms with E-state index in [1.807, 2.05) is 11.8 Å². The number of nitrogens with zero attached hydrogens (tertiary/aromatic N) is 4. The molecule has 0 radical (unpaired) electrons. The van der Waals surface area contributed by atoms with Crippen LogP contribution in [0.15, 0.2) is 17.4 Å². The molecule has 0 aliphatic carbocycles. The summed E-state index contributed by atoms with van der Waals surface area (Å²) in [5.41, 5.74) is 3.15. The number of rotatable bonds is 3. The molecule has 1 aliphatic heterocycles. The van der Waals surface area contributed by atoms with Crippen LogP contribution in [0.4, 0.5) is 0 Å². The quantitative estimate of drug-likeness (QED) is 0.529. The molecule has 124 valence electrons. The topological polar surface area (TPSA) is 59.0 Å². The lowest BCUT2D eigenvalue weighted by Gasteiger charge is -2.14. The number of hydrogen-bond acceptors (Lipinski definition) is 6. The van der Waals surface area contributed by atoms with Gasteiger partial charge in [-0.3, -0.25) is 4.79 Å². The van der Waals surface area contributed by atoms with E-state index in [-0.39, 0.29) is 5.91 Å². The molecule has 0 atom stereocenters. The van der Waals surface area contributed by atoms with Gasteiger partial charge in [0.15, 0.2) is 0 Å². The Kier molecular flexibility index (Phi) is 4.14. The van der Waals surface area contributed by atoms with Crippen molar-refractivity contribution in [3.8, 4) is 0 Å². The summed E-state index contributed by atoms with van der Waals surface area (Å²) in [6.07, 6.45) is 3.83. The summed E-state index contributed by atoms with van der Waals surface area (Å²) in [6.45, 7) is 5.88. The normalized spacial score (nSPS) is 14.8. The molecule has 3 aromatic heterocycles. The molecule has 5 nitrogen and oxygen atoms in total. The fourth-order valence-electron chi connectivity index (χ4n) is 3.18. The highest BCUT2D eigenvalue weighted by Crippen LogP contribution is 2.38. The van der Waals surface area contributed by atoms with Crippen molar-refractivity contribution in [2.45, 2.75) is 31.7 Å². The molecule has 0 aromatic carbocycles. The molecule has 24 heavy (non-hydrogen) atoms. The Hall–Kier alpha value is -1.73. The molecule has 1 saturated heterocycles. The third-order valence-electron chi connectivity index (χ3n) is 4.31. The molecule has 0 N–H and O–H groups in total. The second-order valence-electron chi connectivity index (χ2n) is 6.10. The summed E-state index contributed by atoms with van der Waals surface area (Å²) in [5, 5.41) is 1.99. The highest BCUT2D eigenvalue weighted by molar-refractivity contribution is 8.00. The lowest BCUT2D eigenvalue weighted by molar-refractivity contribution is -0.127. The van der Waals surface area contributed by atoms with Gasteiger partial charge >= 0.3 is 0 Å². The Morgan fingerprint density at radius 1 is 1.29 bits per heavy atom. The summed E-state index contributed by atoms with van der Waals surface area (Å²) in [4.78, 5) is 28.8. The molecule has 1 amide bonds. The van der Waals surface area contributed by atoms with E-state index in [2.05, 4.69) is 27.9 Å². The summed E-state index contributed by atoms with van der Waals surface area (Å²) >= 11 is 3.13. The van der Waals surface area contributed by atoms with Crippen molar-refractivity contribution in [1.29, 1.82) is 0 Å². The molecule has 0 bridgehead atoms. The first-order chi connectivity index (χ1) is 11.6. The van der Waals surface area contributed by atoms with Gasteiger partial charge in [-0.05, 0) is 38.3 Å². The van der Waals surface area contributed by atoms with Crippen LogP contribution >= 0.6 is 23.1 Å². The lowest BCUT2D eigenvalue weighted by atomic mass is 10.1. The van der Waals surface area contributed by atoms with Crippen molar-refractivity contribution in [2.24, 2.45) is 0 Å². The van der Waals surface area contributed by atoms with Crippen LogP contribution in [0.1, 0.15) is 24.1 Å². The smallest absolute Gasteiger partial charge is 0.232 e. The molecule has 4 heterocycles. The van der Waals surface area contributed by atoms with Gasteiger partial charge in [0.1, 0.15) is 16.2 Å². The number of amides is 1. The minimum Gasteiger partial charge on any atom is -0.342 e. The van der Waals surface area contributed by atoms with E-state index in [0.717, 1.165) is 57.1 Å². The van der Waals surface area contributed by atoms with Crippen LogP contribution in [0.3, 0.4) is 0 Å². The Morgan fingerprint density at radius 3 is 2.88 bits per heavy atom. The minimum atomic E-state index is 0.204. The molecular weight excluding hydrogens is 340 g/mol. The monoisotopic (exact) mass is 358 g/mol. The predicted octanol–water partition coefficient (Wildman–Crippen LogP) is 3.57. The maximum Gasteiger partial charge on any atom is 0.232 e. The van der Waals surface area contributed by atoms with E-state index in [0.29, 0.717) is 5.75 Å². The molecular formula is C17H18N4OS2. The molecule has 0 saturated carbocycles. The number of likely N-dealkylation sites (tertiary alicyclic amines) is 1. The van der Waals surface area contributed by atoms with Crippen LogP contribution in [0, 0.1) is 13.8 Å². The van der Waals surface area contributed by atoms with Gasteiger partial charge in [0.25, 0.3) is 0 Å². The Balaban J connectivity index is 1.68. The zero-order valence-corrected chi connectivity index (χ0v) is 15.3. The summed E-state index contributed by atoms with van der Waals surface area (Å²) < 4.78 is 1.04. The Morgan fingerprint density at radius 2 is 2.08 bits per heavy atom. The minimum absolute atomic E-state index is 0.204. The van der Waals surface area contributed by atoms with Gasteiger partial charge in [-0.1, -0.05) is 11.8 Å². The van der Waals surface area contributed by atoms with Crippen molar-refractivity contribution in [3.05, 3.63) is 23.7 Å². The number of pyridine rings is 1. The van der Waals surface area contributed by atoms with Gasteiger partial charge in [0.05, 0.1) is 16.0 Å². The number of aryl methyl sites for hydroxylation is 2. The third-order valence-corrected chi connectivity index (χ3v) is 6.49. The first-order valence-corrected chi connectivity index (χ1v) is 9.86. The van der Waals surface area contributed by atoms with E-state index in [1.165, 1.54) is 17.3 Å². The number of carbonyl (C=O) groups is 1. The summed E-state index contributed by atoms with van der Waals surface area (Å²) in [6, 6.07) is 2.08. The highest BCUT2D eigenvalue weighted by atomic mass is 32.2. The molecule has 4 rings (SSSR count). The lowest BCUT2D eigenvalue weighted by Crippen LogP contribution is -2.29. The van der Waals surface area contributed by atoms with Crippen molar-refractivity contribution in [2.75, 3.05) is 18.8 Å². The zero-order chi connectivity index (χ0) is 16.7. The standard InChI is InChI=1S/C17H18N4OS2/c1-10-7-11(2)20-16-13(10)14-15(24-16)17(19-9-18-14)23-8-12(22)21-5-3-4-6-21/h7,9H,3-6,8H2,1-2H3. The van der Waals surface area contributed by atoms with Gasteiger partial charge in [-0.15, -0.1) is 11.3 Å². The molecule has 0 spiro atoms. The van der Waals surface area contributed by atoms with Crippen LogP contribution in [0.2, 0.25) is 0 Å². The van der Waals surface area contributed by atoms with E-state index >= 15 is 0 Å². The maximum atomic E-state index is 12.3. The first-order valence-electron chi connectivity index (χ1n) is 8.05. The van der Waals surface area contributed by atoms with Crippen molar-refractivity contribution in [3.63, 3.8) is 0 Å². The average Bonchev–Trinajstić information content (AvgIpc) is 3.19. The fourth-order valence-corrected chi connectivity index (χ4v) is 5.41. The van der Waals surface area contributed by atoms with Crippen LogP contribution in [0.25, 0.3) is 20.4 Å². The van der Waals surface area contributed by atoms with Gasteiger partial charge in [-0.25, -0.2) is 15.0 Å². The van der Waals surface area contributed by atoms with Crippen molar-refractivity contribution < 1.29 is 4.79 Å². The summed E-state index contributed by atoms with van der Waals surface area (Å²) in [5.74, 6) is 0.640. The Labute approximate surface area is 148 Å². The largest absolute Gasteiger partial charge is 0.342 e. The van der Waals surface area contributed by atoms with E-state index < -0.39 is 0 Å². The zero-order valence-electron chi connectivity index (χ0n) is 13.7. The van der Waals surface area contributed by atoms with Crippen molar-refractivity contribution in [1.82, 2.24) is 19.9 Å². The third kappa shape index (κ3) is 2.75. The number of fused-ring (bicyclic) bond motifs is 3. The SMILES string of the molecule is Cc1cc(C)c2c(n1)sc1c(SCC(=O)N3CCCC3)ncnc12. The van der Waals surface area contributed by atoms with Crippen LogP contribution in [-0.2, 0) is 4.79 Å². The van der Waals surface area contributed by atoms with Crippen molar-refractivity contribution >= 4 is 49.4 Å². The van der Waals surface area contributed by atoms with E-state index in [4.69, 9.17) is 0 Å². The van der Waals surface area contributed by atoms with E-state index in [9.17, 15) is 4.79 Å². The number of aromatic nitrogens is 3. The fraction of sp³-hybridized carbons (Fsp3) is 0.412. The first kappa shape index (κ1) is 15.8. The van der Waals surface area contributed by atoms with E-state index in [1.54, 1.807) is 17.7 Å². The molecule has 1 fully saturated rings.